The van der Waals surface area contributed by atoms with E-state index in [1.54, 1.807) is 6.20 Å². The van der Waals surface area contributed by atoms with Gasteiger partial charge in [-0.05, 0) is 35.7 Å². The largest absolute Gasteiger partial charge is 0.478 e. The molecule has 4 heterocycles. The number of anilines is 1. The minimum atomic E-state index is 0.222. The standard InChI is InChI=1S/C17H22BrN7O2/c1-10(21-11-3-7-26-8-4-11)13-15(19)27-6-2-5-25-16-12(14(18)24-25)9-20-17(22-13)23-16/h9,11H,2-8,19H2,1H3,(H,20,22,23)/b15-13-,21-10?. The van der Waals surface area contributed by atoms with Gasteiger partial charge in [-0.3, -0.25) is 4.99 Å². The Bertz CT molecular complexity index is 902. The van der Waals surface area contributed by atoms with E-state index in [1.807, 2.05) is 11.6 Å². The fourth-order valence-corrected chi connectivity index (χ4v) is 3.67. The van der Waals surface area contributed by atoms with Crippen LogP contribution in [0.1, 0.15) is 26.2 Å². The number of ether oxygens (including phenoxy) is 2. The second-order valence-electron chi connectivity index (χ2n) is 6.57. The molecule has 2 aliphatic heterocycles. The van der Waals surface area contributed by atoms with Crippen molar-refractivity contribution in [2.45, 2.75) is 38.8 Å². The Morgan fingerprint density at radius 3 is 3.00 bits per heavy atom. The predicted octanol–water partition coefficient (Wildman–Crippen LogP) is 2.19. The Hall–Kier alpha value is -2.20. The van der Waals surface area contributed by atoms with Gasteiger partial charge in [-0.15, -0.1) is 0 Å². The molecule has 144 valence electrons. The van der Waals surface area contributed by atoms with Gasteiger partial charge >= 0.3 is 0 Å². The van der Waals surface area contributed by atoms with Crippen LogP contribution in [0, 0.1) is 0 Å². The van der Waals surface area contributed by atoms with Crippen LogP contribution in [0.2, 0.25) is 0 Å². The van der Waals surface area contributed by atoms with Gasteiger partial charge in [0, 0.05) is 32.4 Å². The van der Waals surface area contributed by atoms with Crippen LogP contribution in [-0.4, -0.2) is 51.3 Å². The van der Waals surface area contributed by atoms with Crippen molar-refractivity contribution in [1.82, 2.24) is 19.7 Å². The molecule has 2 bridgehead atoms. The molecular weight excluding hydrogens is 414 g/mol. The molecule has 0 spiro atoms. The molecule has 4 rings (SSSR count). The van der Waals surface area contributed by atoms with Gasteiger partial charge in [0.25, 0.3) is 0 Å². The maximum absolute atomic E-state index is 6.22. The SMILES string of the molecule is CC(=NC1CCOCC1)/C1=C(\N)OCCCn2nc(Br)c3cnc(nc32)N1. The summed E-state index contributed by atoms with van der Waals surface area (Å²) in [4.78, 5) is 13.8. The molecule has 27 heavy (non-hydrogen) atoms. The summed E-state index contributed by atoms with van der Waals surface area (Å²) in [5, 5.41) is 8.54. The number of aryl methyl sites for hydroxylation is 1. The monoisotopic (exact) mass is 435 g/mol. The molecule has 0 aliphatic carbocycles. The number of nitrogens with one attached hydrogen (secondary N) is 1. The third-order valence-electron chi connectivity index (χ3n) is 4.63. The van der Waals surface area contributed by atoms with E-state index in [2.05, 4.69) is 36.3 Å². The average Bonchev–Trinajstić information content (AvgIpc) is 2.98. The fraction of sp³-hybridized carbons (Fsp3) is 0.529. The maximum atomic E-state index is 6.22. The smallest absolute Gasteiger partial charge is 0.229 e. The predicted molar refractivity (Wildman–Crippen MR) is 105 cm³/mol. The molecular formula is C17H22BrN7O2. The maximum Gasteiger partial charge on any atom is 0.229 e. The number of nitrogens with zero attached hydrogens (tertiary/aromatic N) is 5. The molecule has 1 fully saturated rings. The van der Waals surface area contributed by atoms with Crippen molar-refractivity contribution in [3.05, 3.63) is 22.4 Å². The molecule has 0 aromatic carbocycles. The number of aromatic nitrogens is 4. The first-order valence-corrected chi connectivity index (χ1v) is 9.82. The van der Waals surface area contributed by atoms with Crippen LogP contribution in [0.4, 0.5) is 5.95 Å². The van der Waals surface area contributed by atoms with Gasteiger partial charge in [-0.1, -0.05) is 0 Å². The number of fused-ring (bicyclic) bond motifs is 1. The summed E-state index contributed by atoms with van der Waals surface area (Å²) < 4.78 is 13.7. The lowest BCUT2D eigenvalue weighted by atomic mass is 10.1. The Kier molecular flexibility index (Phi) is 5.26. The van der Waals surface area contributed by atoms with Gasteiger partial charge in [-0.25, -0.2) is 9.67 Å². The lowest BCUT2D eigenvalue weighted by Gasteiger charge is -2.20. The summed E-state index contributed by atoms with van der Waals surface area (Å²) in [6.45, 7) is 4.55. The van der Waals surface area contributed by atoms with E-state index in [0.29, 0.717) is 30.7 Å². The second kappa shape index (κ2) is 7.81. The van der Waals surface area contributed by atoms with Crippen molar-refractivity contribution in [1.29, 1.82) is 0 Å². The summed E-state index contributed by atoms with van der Waals surface area (Å²) in [6, 6.07) is 0.222. The van der Waals surface area contributed by atoms with Crippen molar-refractivity contribution in [3.8, 4) is 0 Å². The Labute approximate surface area is 165 Å². The van der Waals surface area contributed by atoms with E-state index < -0.39 is 0 Å². The van der Waals surface area contributed by atoms with Crippen LogP contribution in [0.5, 0.6) is 0 Å². The van der Waals surface area contributed by atoms with Crippen LogP contribution >= 0.6 is 15.9 Å². The first-order valence-electron chi connectivity index (χ1n) is 9.03. The average molecular weight is 436 g/mol. The molecule has 9 nitrogen and oxygen atoms in total. The zero-order valence-corrected chi connectivity index (χ0v) is 16.7. The zero-order chi connectivity index (χ0) is 18.8. The van der Waals surface area contributed by atoms with Gasteiger partial charge in [0.05, 0.1) is 23.7 Å². The van der Waals surface area contributed by atoms with Gasteiger partial charge in [0.15, 0.2) is 5.65 Å². The first kappa shape index (κ1) is 18.2. The highest BCUT2D eigenvalue weighted by molar-refractivity contribution is 9.10. The van der Waals surface area contributed by atoms with Crippen molar-refractivity contribution >= 4 is 38.6 Å². The van der Waals surface area contributed by atoms with Gasteiger partial charge < -0.3 is 20.5 Å². The fourth-order valence-electron chi connectivity index (χ4n) is 3.20. The van der Waals surface area contributed by atoms with Crippen LogP contribution < -0.4 is 11.1 Å². The van der Waals surface area contributed by atoms with Crippen molar-refractivity contribution < 1.29 is 9.47 Å². The van der Waals surface area contributed by atoms with Crippen LogP contribution in [0.25, 0.3) is 11.0 Å². The Balaban J connectivity index is 1.70. The number of rotatable bonds is 2. The molecule has 0 radical (unpaired) electrons. The van der Waals surface area contributed by atoms with E-state index in [-0.39, 0.29) is 6.04 Å². The molecule has 3 N–H and O–H groups in total. The van der Waals surface area contributed by atoms with Gasteiger partial charge in [0.1, 0.15) is 10.3 Å². The highest BCUT2D eigenvalue weighted by atomic mass is 79.9. The summed E-state index contributed by atoms with van der Waals surface area (Å²) in [6.07, 6.45) is 4.31. The first-order chi connectivity index (χ1) is 13.1. The minimum Gasteiger partial charge on any atom is -0.478 e. The third-order valence-corrected chi connectivity index (χ3v) is 5.21. The molecule has 1 saturated heterocycles. The molecule has 0 atom stereocenters. The molecule has 10 heteroatoms. The van der Waals surface area contributed by atoms with E-state index in [1.165, 1.54) is 0 Å². The topological polar surface area (TPSA) is 112 Å². The normalized spacial score (nSPS) is 22.4. The number of aliphatic imine (C=N–C) groups is 1. The molecule has 0 amide bonds. The molecule has 2 aliphatic rings. The molecule has 0 saturated carbocycles. The summed E-state index contributed by atoms with van der Waals surface area (Å²) in [7, 11) is 0. The highest BCUT2D eigenvalue weighted by Crippen LogP contribution is 2.23. The van der Waals surface area contributed by atoms with Crippen molar-refractivity contribution in [2.75, 3.05) is 25.1 Å². The summed E-state index contributed by atoms with van der Waals surface area (Å²) in [5.41, 5.74) is 8.36. The summed E-state index contributed by atoms with van der Waals surface area (Å²) in [5.74, 6) is 0.730. The number of allylic oxidation sites excluding steroid dienone is 1. The Morgan fingerprint density at radius 2 is 2.19 bits per heavy atom. The molecule has 2 aromatic rings. The lowest BCUT2D eigenvalue weighted by molar-refractivity contribution is 0.0871. The second-order valence-corrected chi connectivity index (χ2v) is 7.32. The number of hydrogen-bond donors (Lipinski definition) is 2. The minimum absolute atomic E-state index is 0.222. The lowest BCUT2D eigenvalue weighted by Crippen LogP contribution is -2.24. The van der Waals surface area contributed by atoms with Crippen LogP contribution in [0.15, 0.2) is 27.4 Å². The van der Waals surface area contributed by atoms with Crippen LogP contribution in [0.3, 0.4) is 0 Å². The van der Waals surface area contributed by atoms with E-state index >= 15 is 0 Å². The zero-order valence-electron chi connectivity index (χ0n) is 15.1. The number of hydrogen-bond acceptors (Lipinski definition) is 8. The number of nitrogens with two attached hydrogens (primary N) is 1. The van der Waals surface area contributed by atoms with E-state index in [0.717, 1.165) is 53.8 Å². The highest BCUT2D eigenvalue weighted by Gasteiger charge is 2.19. The van der Waals surface area contributed by atoms with E-state index in [9.17, 15) is 0 Å². The summed E-state index contributed by atoms with van der Waals surface area (Å²) >= 11 is 3.46. The Morgan fingerprint density at radius 1 is 1.37 bits per heavy atom. The van der Waals surface area contributed by atoms with Gasteiger partial charge in [0.2, 0.25) is 11.8 Å². The van der Waals surface area contributed by atoms with Gasteiger partial charge in [-0.2, -0.15) is 10.1 Å². The van der Waals surface area contributed by atoms with Crippen molar-refractivity contribution in [2.24, 2.45) is 10.7 Å². The van der Waals surface area contributed by atoms with Crippen LogP contribution in [-0.2, 0) is 16.0 Å². The molecule has 2 aromatic heterocycles. The van der Waals surface area contributed by atoms with E-state index in [4.69, 9.17) is 20.2 Å². The third kappa shape index (κ3) is 3.91. The quantitative estimate of drug-likeness (QED) is 0.694. The van der Waals surface area contributed by atoms with Crippen molar-refractivity contribution in [3.63, 3.8) is 0 Å². The molecule has 0 unspecified atom stereocenters. The number of halogens is 1.